The summed E-state index contributed by atoms with van der Waals surface area (Å²) in [6, 6.07) is 8.38. The standard InChI is InChI=1S/C15H14N2S/c1-9(2)4-12-6-13-14(8-17)10(3)5-11(7-16)15(13)18-12/h5-6,9H,4H2,1-3H3. The number of hydrogen-bond donors (Lipinski definition) is 0. The molecule has 3 heteroatoms. The predicted molar refractivity (Wildman–Crippen MR) is 74.5 cm³/mol. The van der Waals surface area contributed by atoms with Crippen molar-refractivity contribution in [1.82, 2.24) is 0 Å². The zero-order valence-corrected chi connectivity index (χ0v) is 11.6. The summed E-state index contributed by atoms with van der Waals surface area (Å²) in [5.74, 6) is 0.579. The van der Waals surface area contributed by atoms with Crippen molar-refractivity contribution in [2.24, 2.45) is 5.92 Å². The van der Waals surface area contributed by atoms with E-state index >= 15 is 0 Å². The van der Waals surface area contributed by atoms with E-state index in [4.69, 9.17) is 0 Å². The Morgan fingerprint density at radius 1 is 1.22 bits per heavy atom. The van der Waals surface area contributed by atoms with Gasteiger partial charge in [0.25, 0.3) is 0 Å². The van der Waals surface area contributed by atoms with Crippen LogP contribution in [0.1, 0.15) is 35.4 Å². The SMILES string of the molecule is Cc1cc(C#N)c2sc(CC(C)C)cc2c1C#N. The first kappa shape index (κ1) is 12.6. The van der Waals surface area contributed by atoms with Crippen LogP contribution in [0.15, 0.2) is 12.1 Å². The molecule has 0 amide bonds. The molecule has 18 heavy (non-hydrogen) atoms. The molecule has 0 N–H and O–H groups in total. The largest absolute Gasteiger partial charge is 0.192 e. The Labute approximate surface area is 111 Å². The molecular weight excluding hydrogens is 240 g/mol. The molecule has 2 nitrogen and oxygen atoms in total. The van der Waals surface area contributed by atoms with Crippen LogP contribution in [0, 0.1) is 35.5 Å². The summed E-state index contributed by atoms with van der Waals surface area (Å²) in [6.07, 6.45) is 0.994. The molecule has 0 radical (unpaired) electrons. The molecule has 0 unspecified atom stereocenters. The smallest absolute Gasteiger partial charge is 0.101 e. The van der Waals surface area contributed by atoms with E-state index in [0.717, 1.165) is 22.1 Å². The van der Waals surface area contributed by atoms with Crippen LogP contribution in [0.2, 0.25) is 0 Å². The third kappa shape index (κ3) is 2.10. The monoisotopic (exact) mass is 254 g/mol. The molecular formula is C15H14N2S. The van der Waals surface area contributed by atoms with Crippen LogP contribution >= 0.6 is 11.3 Å². The van der Waals surface area contributed by atoms with Crippen molar-refractivity contribution in [3.05, 3.63) is 33.7 Å². The maximum Gasteiger partial charge on any atom is 0.101 e. The Bertz CT molecular complexity index is 681. The highest BCUT2D eigenvalue weighted by molar-refractivity contribution is 7.19. The molecule has 2 rings (SSSR count). The zero-order chi connectivity index (χ0) is 13.3. The lowest BCUT2D eigenvalue weighted by molar-refractivity contribution is 0.654. The Hall–Kier alpha value is -1.84. The second-order valence-electron chi connectivity index (χ2n) is 4.89. The molecule has 0 aliphatic carbocycles. The fourth-order valence-electron chi connectivity index (χ4n) is 2.13. The molecule has 0 atom stereocenters. The Balaban J connectivity index is 2.74. The van der Waals surface area contributed by atoms with Gasteiger partial charge in [-0.2, -0.15) is 10.5 Å². The summed E-state index contributed by atoms with van der Waals surface area (Å²) in [5, 5.41) is 19.4. The van der Waals surface area contributed by atoms with Gasteiger partial charge in [-0.05, 0) is 37.0 Å². The van der Waals surface area contributed by atoms with Gasteiger partial charge in [-0.15, -0.1) is 11.3 Å². The molecule has 0 aliphatic rings. The number of benzene rings is 1. The van der Waals surface area contributed by atoms with Gasteiger partial charge in [0.1, 0.15) is 12.1 Å². The van der Waals surface area contributed by atoms with Crippen molar-refractivity contribution in [3.8, 4) is 12.1 Å². The summed E-state index contributed by atoms with van der Waals surface area (Å²) in [4.78, 5) is 1.25. The first-order chi connectivity index (χ1) is 8.56. The zero-order valence-electron chi connectivity index (χ0n) is 10.7. The van der Waals surface area contributed by atoms with Gasteiger partial charge in [-0.25, -0.2) is 0 Å². The van der Waals surface area contributed by atoms with E-state index in [0.29, 0.717) is 17.0 Å². The third-order valence-electron chi connectivity index (χ3n) is 2.89. The van der Waals surface area contributed by atoms with Crippen molar-refractivity contribution >= 4 is 21.4 Å². The van der Waals surface area contributed by atoms with E-state index < -0.39 is 0 Å². The van der Waals surface area contributed by atoms with Crippen LogP contribution in [0.25, 0.3) is 10.1 Å². The van der Waals surface area contributed by atoms with Crippen LogP contribution in [-0.4, -0.2) is 0 Å². The summed E-state index contributed by atoms with van der Waals surface area (Å²) in [6.45, 7) is 6.23. The fraction of sp³-hybridized carbons (Fsp3) is 0.333. The number of aryl methyl sites for hydroxylation is 1. The van der Waals surface area contributed by atoms with E-state index in [1.807, 2.05) is 13.0 Å². The number of hydrogen-bond acceptors (Lipinski definition) is 3. The number of nitrogens with zero attached hydrogens (tertiary/aromatic N) is 2. The minimum absolute atomic E-state index is 0.579. The van der Waals surface area contributed by atoms with Crippen LogP contribution < -0.4 is 0 Å². The summed E-state index contributed by atoms with van der Waals surface area (Å²) < 4.78 is 0.954. The van der Waals surface area contributed by atoms with Gasteiger partial charge in [-0.1, -0.05) is 13.8 Å². The Morgan fingerprint density at radius 3 is 2.50 bits per heavy atom. The van der Waals surface area contributed by atoms with Crippen molar-refractivity contribution in [3.63, 3.8) is 0 Å². The van der Waals surface area contributed by atoms with Gasteiger partial charge in [0.2, 0.25) is 0 Å². The van der Waals surface area contributed by atoms with Gasteiger partial charge >= 0.3 is 0 Å². The second kappa shape index (κ2) is 4.80. The van der Waals surface area contributed by atoms with Crippen LogP contribution in [0.4, 0.5) is 0 Å². The van der Waals surface area contributed by atoms with Gasteiger partial charge in [-0.3, -0.25) is 0 Å². The minimum Gasteiger partial charge on any atom is -0.192 e. The molecule has 2 aromatic rings. The van der Waals surface area contributed by atoms with Gasteiger partial charge < -0.3 is 0 Å². The number of fused-ring (bicyclic) bond motifs is 1. The van der Waals surface area contributed by atoms with E-state index in [-0.39, 0.29) is 0 Å². The first-order valence-electron chi connectivity index (χ1n) is 5.93. The molecule has 1 aromatic carbocycles. The molecule has 1 heterocycles. The van der Waals surface area contributed by atoms with Gasteiger partial charge in [0, 0.05) is 10.3 Å². The maximum absolute atomic E-state index is 9.24. The molecule has 0 saturated heterocycles. The highest BCUT2D eigenvalue weighted by Crippen LogP contribution is 2.34. The predicted octanol–water partition coefficient (Wildman–Crippen LogP) is 4.15. The second-order valence-corrected chi connectivity index (χ2v) is 6.03. The van der Waals surface area contributed by atoms with E-state index in [9.17, 15) is 10.5 Å². The van der Waals surface area contributed by atoms with Crippen LogP contribution in [0.3, 0.4) is 0 Å². The van der Waals surface area contributed by atoms with E-state index in [1.54, 1.807) is 11.3 Å². The molecule has 0 fully saturated rings. The van der Waals surface area contributed by atoms with Crippen molar-refractivity contribution in [1.29, 1.82) is 10.5 Å². The number of thiophene rings is 1. The quantitative estimate of drug-likeness (QED) is 0.808. The minimum atomic E-state index is 0.579. The molecule has 0 aliphatic heterocycles. The summed E-state index contributed by atoms with van der Waals surface area (Å²) in [7, 11) is 0. The summed E-state index contributed by atoms with van der Waals surface area (Å²) in [5.41, 5.74) is 2.27. The lowest BCUT2D eigenvalue weighted by Gasteiger charge is -2.00. The lowest BCUT2D eigenvalue weighted by atomic mass is 10.0. The average molecular weight is 254 g/mol. The first-order valence-corrected chi connectivity index (χ1v) is 6.74. The van der Waals surface area contributed by atoms with Crippen LogP contribution in [0.5, 0.6) is 0 Å². The van der Waals surface area contributed by atoms with Gasteiger partial charge in [0.15, 0.2) is 0 Å². The van der Waals surface area contributed by atoms with Gasteiger partial charge in [0.05, 0.1) is 15.8 Å². The lowest BCUT2D eigenvalue weighted by Crippen LogP contribution is -1.89. The average Bonchev–Trinajstić information content (AvgIpc) is 2.70. The van der Waals surface area contributed by atoms with Crippen molar-refractivity contribution in [2.75, 3.05) is 0 Å². The molecule has 0 spiro atoms. The van der Waals surface area contributed by atoms with E-state index in [2.05, 4.69) is 32.1 Å². The number of nitriles is 2. The number of rotatable bonds is 2. The summed E-state index contributed by atoms with van der Waals surface area (Å²) >= 11 is 1.64. The Kier molecular flexibility index (Phi) is 3.36. The molecule has 1 aromatic heterocycles. The molecule has 0 bridgehead atoms. The topological polar surface area (TPSA) is 47.6 Å². The maximum atomic E-state index is 9.24. The Morgan fingerprint density at radius 2 is 1.94 bits per heavy atom. The van der Waals surface area contributed by atoms with Crippen LogP contribution in [-0.2, 0) is 6.42 Å². The van der Waals surface area contributed by atoms with E-state index in [1.165, 1.54) is 4.88 Å². The van der Waals surface area contributed by atoms with Crippen molar-refractivity contribution in [2.45, 2.75) is 27.2 Å². The fourth-order valence-corrected chi connectivity index (χ4v) is 3.47. The van der Waals surface area contributed by atoms with Crippen molar-refractivity contribution < 1.29 is 0 Å². The normalized spacial score (nSPS) is 10.6. The molecule has 0 saturated carbocycles. The highest BCUT2D eigenvalue weighted by atomic mass is 32.1. The molecule has 90 valence electrons. The third-order valence-corrected chi connectivity index (χ3v) is 4.08. The highest BCUT2D eigenvalue weighted by Gasteiger charge is 2.13.